The molecule has 3 nitrogen and oxygen atoms in total. The minimum absolute atomic E-state index is 0.257. The summed E-state index contributed by atoms with van der Waals surface area (Å²) in [6.07, 6.45) is 1.76. The van der Waals surface area contributed by atoms with Gasteiger partial charge in [-0.2, -0.15) is 0 Å². The number of rotatable bonds is 4. The predicted molar refractivity (Wildman–Crippen MR) is 53.1 cm³/mol. The Morgan fingerprint density at radius 3 is 2.73 bits per heavy atom. The number of carbonyl (C=O) groups excluding carboxylic acids is 1. The van der Waals surface area contributed by atoms with Gasteiger partial charge in [0.1, 0.15) is 0 Å². The zero-order chi connectivity index (χ0) is 8.69. The van der Waals surface area contributed by atoms with Crippen LogP contribution < -0.4 is 5.32 Å². The minimum atomic E-state index is -0.333. The van der Waals surface area contributed by atoms with Crippen LogP contribution >= 0.6 is 22.6 Å². The Hall–Kier alpha value is 0. The number of nitrogens with one attached hydrogen (secondary N) is 1. The molecule has 11 heavy (non-hydrogen) atoms. The molecule has 0 rings (SSSR count). The Morgan fingerprint density at radius 2 is 2.36 bits per heavy atom. The molecule has 66 valence electrons. The summed E-state index contributed by atoms with van der Waals surface area (Å²) >= 11 is 2.25. The summed E-state index contributed by atoms with van der Waals surface area (Å²) in [6, 6.07) is 0.257. The van der Waals surface area contributed by atoms with Crippen LogP contribution in [0.4, 0.5) is 4.79 Å². The van der Waals surface area contributed by atoms with Crippen LogP contribution in [0, 0.1) is 0 Å². The number of alkyl carbamates (subject to hydrolysis) is 1. The highest BCUT2D eigenvalue weighted by Gasteiger charge is 2.08. The van der Waals surface area contributed by atoms with Crippen molar-refractivity contribution in [3.63, 3.8) is 0 Å². The zero-order valence-electron chi connectivity index (χ0n) is 6.89. The Kier molecular flexibility index (Phi) is 6.69. The van der Waals surface area contributed by atoms with Crippen LogP contribution in [-0.2, 0) is 4.74 Å². The fraction of sp³-hybridized carbons (Fsp3) is 0.857. The fourth-order valence-electron chi connectivity index (χ4n) is 0.762. The van der Waals surface area contributed by atoms with Gasteiger partial charge < -0.3 is 10.1 Å². The van der Waals surface area contributed by atoms with Crippen LogP contribution in [0.3, 0.4) is 0 Å². The summed E-state index contributed by atoms with van der Waals surface area (Å²) < 4.78 is 5.41. The van der Waals surface area contributed by atoms with Crippen molar-refractivity contribution < 1.29 is 9.53 Å². The molecule has 0 aromatic carbocycles. The number of hydrogen-bond donors (Lipinski definition) is 1. The van der Waals surface area contributed by atoms with Crippen molar-refractivity contribution >= 4 is 28.7 Å². The highest BCUT2D eigenvalue weighted by molar-refractivity contribution is 14.1. The van der Waals surface area contributed by atoms with E-state index in [4.69, 9.17) is 0 Å². The molecular formula is C7H14INO2. The van der Waals surface area contributed by atoms with E-state index < -0.39 is 0 Å². The van der Waals surface area contributed by atoms with Crippen LogP contribution in [0.25, 0.3) is 0 Å². The molecule has 1 N–H and O–H groups in total. The van der Waals surface area contributed by atoms with Crippen molar-refractivity contribution in [1.29, 1.82) is 0 Å². The third-order valence-corrected chi connectivity index (χ3v) is 2.39. The molecule has 0 spiro atoms. The Balaban J connectivity index is 3.58. The molecule has 0 aromatic rings. The first kappa shape index (κ1) is 11.0. The van der Waals surface area contributed by atoms with Crippen molar-refractivity contribution in [2.24, 2.45) is 0 Å². The average molecular weight is 271 g/mol. The van der Waals surface area contributed by atoms with Crippen molar-refractivity contribution in [3.8, 4) is 0 Å². The molecule has 0 fully saturated rings. The largest absolute Gasteiger partial charge is 0.453 e. The van der Waals surface area contributed by atoms with Crippen molar-refractivity contribution in [1.82, 2.24) is 5.32 Å². The maximum atomic E-state index is 10.7. The van der Waals surface area contributed by atoms with E-state index in [1.54, 1.807) is 0 Å². The molecule has 0 aromatic heterocycles. The predicted octanol–water partition coefficient (Wildman–Crippen LogP) is 1.95. The average Bonchev–Trinajstić information content (AvgIpc) is 2.03. The molecule has 0 bridgehead atoms. The van der Waals surface area contributed by atoms with Gasteiger partial charge in [0.15, 0.2) is 0 Å². The first-order valence-electron chi connectivity index (χ1n) is 3.65. The number of methoxy groups -OCH3 is 1. The van der Waals surface area contributed by atoms with Crippen LogP contribution in [0.1, 0.15) is 19.8 Å². The number of alkyl halides is 1. The Morgan fingerprint density at radius 1 is 1.73 bits per heavy atom. The second-order valence-corrected chi connectivity index (χ2v) is 3.16. The smallest absolute Gasteiger partial charge is 0.407 e. The van der Waals surface area contributed by atoms with E-state index in [0.717, 1.165) is 17.3 Å². The van der Waals surface area contributed by atoms with E-state index >= 15 is 0 Å². The highest BCUT2D eigenvalue weighted by atomic mass is 127. The number of ether oxygens (including phenoxy) is 1. The molecule has 0 aliphatic rings. The standard InChI is InChI=1S/C7H14INO2/c1-3-4-6(5-8)9-7(10)11-2/h6H,3-5H2,1-2H3,(H,9,10)/t6-/m0/s1. The van der Waals surface area contributed by atoms with Crippen molar-refractivity contribution in [3.05, 3.63) is 0 Å². The lowest BCUT2D eigenvalue weighted by Crippen LogP contribution is -2.35. The number of halogens is 1. The molecule has 0 radical (unpaired) electrons. The summed E-state index contributed by atoms with van der Waals surface area (Å²) in [5.74, 6) is 0. The molecule has 0 saturated carbocycles. The van der Waals surface area contributed by atoms with Gasteiger partial charge in [-0.1, -0.05) is 35.9 Å². The van der Waals surface area contributed by atoms with Gasteiger partial charge in [-0.15, -0.1) is 0 Å². The van der Waals surface area contributed by atoms with Gasteiger partial charge in [-0.05, 0) is 6.42 Å². The van der Waals surface area contributed by atoms with E-state index in [1.807, 2.05) is 0 Å². The van der Waals surface area contributed by atoms with Crippen molar-refractivity contribution in [2.45, 2.75) is 25.8 Å². The molecule has 0 heterocycles. The van der Waals surface area contributed by atoms with E-state index in [0.29, 0.717) is 0 Å². The van der Waals surface area contributed by atoms with Gasteiger partial charge in [-0.3, -0.25) is 0 Å². The van der Waals surface area contributed by atoms with Gasteiger partial charge in [0.25, 0.3) is 0 Å². The molecule has 0 aliphatic heterocycles. The molecule has 0 aliphatic carbocycles. The summed E-state index contributed by atoms with van der Waals surface area (Å²) in [5, 5.41) is 2.75. The lowest BCUT2D eigenvalue weighted by atomic mass is 10.2. The molecule has 0 saturated heterocycles. The Bertz CT molecular complexity index is 119. The second kappa shape index (κ2) is 6.69. The first-order valence-corrected chi connectivity index (χ1v) is 5.17. The molecule has 0 unspecified atom stereocenters. The van der Waals surface area contributed by atoms with Gasteiger partial charge in [0, 0.05) is 10.5 Å². The molecule has 4 heteroatoms. The zero-order valence-corrected chi connectivity index (χ0v) is 9.05. The van der Waals surface area contributed by atoms with Crippen LogP contribution in [-0.4, -0.2) is 23.7 Å². The summed E-state index contributed by atoms with van der Waals surface area (Å²) in [5.41, 5.74) is 0. The molecular weight excluding hydrogens is 257 g/mol. The van der Waals surface area contributed by atoms with Crippen LogP contribution in [0.2, 0.25) is 0 Å². The van der Waals surface area contributed by atoms with E-state index in [2.05, 4.69) is 39.6 Å². The topological polar surface area (TPSA) is 38.3 Å². The molecule has 1 amide bonds. The lowest BCUT2D eigenvalue weighted by molar-refractivity contribution is 0.167. The normalized spacial score (nSPS) is 12.3. The van der Waals surface area contributed by atoms with Gasteiger partial charge >= 0.3 is 6.09 Å². The first-order chi connectivity index (χ1) is 5.24. The quantitative estimate of drug-likeness (QED) is 0.627. The van der Waals surface area contributed by atoms with Crippen LogP contribution in [0.15, 0.2) is 0 Å². The van der Waals surface area contributed by atoms with Crippen molar-refractivity contribution in [2.75, 3.05) is 11.5 Å². The lowest BCUT2D eigenvalue weighted by Gasteiger charge is -2.13. The Labute approximate surface area is 81.0 Å². The monoisotopic (exact) mass is 271 g/mol. The number of carbonyl (C=O) groups is 1. The summed E-state index contributed by atoms with van der Waals surface area (Å²) in [6.45, 7) is 2.10. The SMILES string of the molecule is CCC[C@@H](CI)NC(=O)OC. The summed E-state index contributed by atoms with van der Waals surface area (Å²) in [7, 11) is 1.38. The third-order valence-electron chi connectivity index (χ3n) is 1.33. The van der Waals surface area contributed by atoms with E-state index in [1.165, 1.54) is 7.11 Å². The highest BCUT2D eigenvalue weighted by Crippen LogP contribution is 2.00. The van der Waals surface area contributed by atoms with Gasteiger partial charge in [-0.25, -0.2) is 4.79 Å². The summed E-state index contributed by atoms with van der Waals surface area (Å²) in [4.78, 5) is 10.7. The minimum Gasteiger partial charge on any atom is -0.453 e. The molecule has 1 atom stereocenters. The maximum absolute atomic E-state index is 10.7. The van der Waals surface area contributed by atoms with Gasteiger partial charge in [0.2, 0.25) is 0 Å². The fourth-order valence-corrected chi connectivity index (χ4v) is 1.42. The van der Waals surface area contributed by atoms with E-state index in [-0.39, 0.29) is 12.1 Å². The van der Waals surface area contributed by atoms with E-state index in [9.17, 15) is 4.79 Å². The number of amides is 1. The maximum Gasteiger partial charge on any atom is 0.407 e. The van der Waals surface area contributed by atoms with Gasteiger partial charge in [0.05, 0.1) is 7.11 Å². The van der Waals surface area contributed by atoms with Crippen LogP contribution in [0.5, 0.6) is 0 Å². The second-order valence-electron chi connectivity index (χ2n) is 2.28. The third kappa shape index (κ3) is 5.29. The number of hydrogen-bond acceptors (Lipinski definition) is 2.